The fourth-order valence-corrected chi connectivity index (χ4v) is 2.83. The normalized spacial score (nSPS) is 19.7. The van der Waals surface area contributed by atoms with E-state index in [1.54, 1.807) is 0 Å². The first-order valence-electron chi connectivity index (χ1n) is 7.83. The van der Waals surface area contributed by atoms with Gasteiger partial charge in [-0.25, -0.2) is 9.97 Å². The minimum absolute atomic E-state index is 0.0987. The predicted octanol–water partition coefficient (Wildman–Crippen LogP) is 2.48. The van der Waals surface area contributed by atoms with Crippen LogP contribution in [0.15, 0.2) is 0 Å². The van der Waals surface area contributed by atoms with Crippen LogP contribution in [0.2, 0.25) is 0 Å². The van der Waals surface area contributed by atoms with Crippen LogP contribution in [0.25, 0.3) is 0 Å². The van der Waals surface area contributed by atoms with Crippen molar-refractivity contribution in [1.82, 2.24) is 9.97 Å². The van der Waals surface area contributed by atoms with Crippen LogP contribution in [-0.4, -0.2) is 41.3 Å². The van der Waals surface area contributed by atoms with E-state index in [4.69, 9.17) is 4.98 Å². The number of aliphatic hydroxyl groups excluding tert-OH is 1. The van der Waals surface area contributed by atoms with Crippen LogP contribution >= 0.6 is 0 Å². The van der Waals surface area contributed by atoms with Gasteiger partial charge in [-0.1, -0.05) is 20.8 Å². The fraction of sp³-hybridized carbons (Fsp3) is 0.750. The number of aromatic nitrogens is 2. The minimum atomic E-state index is -0.0987. The van der Waals surface area contributed by atoms with Crippen LogP contribution < -0.4 is 10.2 Å². The van der Waals surface area contributed by atoms with Gasteiger partial charge in [-0.05, 0) is 26.2 Å². The molecule has 118 valence electrons. The molecule has 2 N–H and O–H groups in total. The zero-order valence-electron chi connectivity index (χ0n) is 13.9. The van der Waals surface area contributed by atoms with Crippen molar-refractivity contribution >= 4 is 11.6 Å². The molecular weight excluding hydrogens is 264 g/mol. The molecule has 0 amide bonds. The molecule has 0 saturated carbocycles. The highest BCUT2D eigenvalue weighted by molar-refractivity contribution is 5.59. The van der Waals surface area contributed by atoms with Crippen LogP contribution in [-0.2, 0) is 5.41 Å². The number of rotatable bonds is 3. The maximum absolute atomic E-state index is 9.67. The molecule has 21 heavy (non-hydrogen) atoms. The highest BCUT2D eigenvalue weighted by Crippen LogP contribution is 2.31. The van der Waals surface area contributed by atoms with Crippen molar-refractivity contribution in [3.63, 3.8) is 0 Å². The SMILES string of the molecule is CNc1nc(C(C)(C)C)nc(N2CCCCC2CO)c1C. The number of nitrogens with one attached hydrogen (secondary N) is 1. The van der Waals surface area contributed by atoms with Crippen LogP contribution in [0, 0.1) is 6.92 Å². The number of anilines is 2. The standard InChI is InChI=1S/C16H28N4O/c1-11-13(17-5)18-15(16(2,3)4)19-14(11)20-9-7-6-8-12(20)10-21/h12,21H,6-10H2,1-5H3,(H,17,18,19). The van der Waals surface area contributed by atoms with Crippen LogP contribution in [0.4, 0.5) is 11.6 Å². The Morgan fingerprint density at radius 2 is 2.00 bits per heavy atom. The van der Waals surface area contributed by atoms with Crippen molar-refractivity contribution in [1.29, 1.82) is 0 Å². The predicted molar refractivity (Wildman–Crippen MR) is 87.1 cm³/mol. The molecule has 2 heterocycles. The molecule has 1 atom stereocenters. The number of aliphatic hydroxyl groups is 1. The third kappa shape index (κ3) is 3.28. The summed E-state index contributed by atoms with van der Waals surface area (Å²) in [4.78, 5) is 11.8. The monoisotopic (exact) mass is 292 g/mol. The van der Waals surface area contributed by atoms with Crippen molar-refractivity contribution in [2.45, 2.75) is 58.4 Å². The van der Waals surface area contributed by atoms with Gasteiger partial charge < -0.3 is 15.3 Å². The number of hydrogen-bond acceptors (Lipinski definition) is 5. The quantitative estimate of drug-likeness (QED) is 0.896. The topological polar surface area (TPSA) is 61.3 Å². The third-order valence-electron chi connectivity index (χ3n) is 4.14. The average molecular weight is 292 g/mol. The molecule has 1 aromatic heterocycles. The van der Waals surface area contributed by atoms with Gasteiger partial charge in [0.1, 0.15) is 17.5 Å². The molecule has 5 nitrogen and oxygen atoms in total. The van der Waals surface area contributed by atoms with Gasteiger partial charge in [0.2, 0.25) is 0 Å². The van der Waals surface area contributed by atoms with E-state index in [2.05, 4.69) is 42.9 Å². The largest absolute Gasteiger partial charge is 0.394 e. The molecule has 0 spiro atoms. The van der Waals surface area contributed by atoms with E-state index in [-0.39, 0.29) is 18.1 Å². The summed E-state index contributed by atoms with van der Waals surface area (Å²) in [6.07, 6.45) is 3.36. The Morgan fingerprint density at radius 3 is 2.57 bits per heavy atom. The van der Waals surface area contributed by atoms with E-state index in [1.165, 1.54) is 6.42 Å². The maximum atomic E-state index is 9.67. The molecule has 0 aliphatic carbocycles. The Morgan fingerprint density at radius 1 is 1.29 bits per heavy atom. The zero-order chi connectivity index (χ0) is 15.6. The van der Waals surface area contributed by atoms with E-state index in [0.29, 0.717) is 0 Å². The molecule has 0 bridgehead atoms. The molecule has 2 rings (SSSR count). The molecule has 1 aromatic rings. The second-order valence-corrected chi connectivity index (χ2v) is 6.87. The van der Waals surface area contributed by atoms with E-state index in [1.807, 2.05) is 7.05 Å². The number of nitrogens with zero attached hydrogens (tertiary/aromatic N) is 3. The maximum Gasteiger partial charge on any atom is 0.138 e. The lowest BCUT2D eigenvalue weighted by Gasteiger charge is -2.37. The molecule has 1 saturated heterocycles. The van der Waals surface area contributed by atoms with Crippen molar-refractivity contribution in [3.05, 3.63) is 11.4 Å². The first kappa shape index (κ1) is 16.0. The fourth-order valence-electron chi connectivity index (χ4n) is 2.83. The van der Waals surface area contributed by atoms with Crippen molar-refractivity contribution in [2.75, 3.05) is 30.4 Å². The van der Waals surface area contributed by atoms with Gasteiger partial charge in [0.25, 0.3) is 0 Å². The average Bonchev–Trinajstić information content (AvgIpc) is 2.46. The summed E-state index contributed by atoms with van der Waals surface area (Å²) in [7, 11) is 1.89. The van der Waals surface area contributed by atoms with Gasteiger partial charge in [0.05, 0.1) is 12.6 Å². The lowest BCUT2D eigenvalue weighted by molar-refractivity contribution is 0.239. The highest BCUT2D eigenvalue weighted by atomic mass is 16.3. The Balaban J connectivity index is 2.50. The van der Waals surface area contributed by atoms with E-state index < -0.39 is 0 Å². The van der Waals surface area contributed by atoms with Crippen LogP contribution in [0.3, 0.4) is 0 Å². The Kier molecular flexibility index (Phi) is 4.71. The molecule has 1 unspecified atom stereocenters. The van der Waals surface area contributed by atoms with Crippen molar-refractivity contribution in [3.8, 4) is 0 Å². The Hall–Kier alpha value is -1.36. The Bertz CT molecular complexity index is 496. The summed E-state index contributed by atoms with van der Waals surface area (Å²) < 4.78 is 0. The second-order valence-electron chi connectivity index (χ2n) is 6.87. The van der Waals surface area contributed by atoms with Gasteiger partial charge in [-0.3, -0.25) is 0 Å². The highest BCUT2D eigenvalue weighted by Gasteiger charge is 2.28. The summed E-state index contributed by atoms with van der Waals surface area (Å²) in [6, 6.07) is 0.171. The second kappa shape index (κ2) is 6.18. The minimum Gasteiger partial charge on any atom is -0.394 e. The number of piperidine rings is 1. The summed E-state index contributed by atoms with van der Waals surface area (Å²) in [5, 5.41) is 12.8. The Labute approximate surface area is 127 Å². The lowest BCUT2D eigenvalue weighted by Crippen LogP contribution is -2.43. The van der Waals surface area contributed by atoms with Gasteiger partial charge >= 0.3 is 0 Å². The van der Waals surface area contributed by atoms with E-state index in [9.17, 15) is 5.11 Å². The first-order chi connectivity index (χ1) is 9.88. The lowest BCUT2D eigenvalue weighted by atomic mass is 9.95. The van der Waals surface area contributed by atoms with Gasteiger partial charge in [-0.2, -0.15) is 0 Å². The smallest absolute Gasteiger partial charge is 0.138 e. The van der Waals surface area contributed by atoms with Gasteiger partial charge in [-0.15, -0.1) is 0 Å². The summed E-state index contributed by atoms with van der Waals surface area (Å²) in [5.74, 6) is 2.69. The van der Waals surface area contributed by atoms with Crippen LogP contribution in [0.1, 0.15) is 51.4 Å². The van der Waals surface area contributed by atoms with Crippen molar-refractivity contribution < 1.29 is 5.11 Å². The summed E-state index contributed by atoms with van der Waals surface area (Å²) >= 11 is 0. The molecule has 0 aromatic carbocycles. The van der Waals surface area contributed by atoms with Crippen molar-refractivity contribution in [2.24, 2.45) is 0 Å². The molecule has 1 aliphatic heterocycles. The molecule has 0 radical (unpaired) electrons. The molecule has 5 heteroatoms. The molecule has 1 aliphatic rings. The van der Waals surface area contributed by atoms with E-state index in [0.717, 1.165) is 42.4 Å². The summed E-state index contributed by atoms with van der Waals surface area (Å²) in [6.45, 7) is 9.57. The molecule has 1 fully saturated rings. The van der Waals surface area contributed by atoms with Gasteiger partial charge in [0, 0.05) is 24.6 Å². The summed E-state index contributed by atoms with van der Waals surface area (Å²) in [5.41, 5.74) is 0.962. The van der Waals surface area contributed by atoms with Gasteiger partial charge in [0.15, 0.2) is 0 Å². The number of hydrogen-bond donors (Lipinski definition) is 2. The molecular formula is C16H28N4O. The third-order valence-corrected chi connectivity index (χ3v) is 4.14. The zero-order valence-corrected chi connectivity index (χ0v) is 13.9. The van der Waals surface area contributed by atoms with E-state index >= 15 is 0 Å². The first-order valence-corrected chi connectivity index (χ1v) is 7.83. The van der Waals surface area contributed by atoms with Crippen LogP contribution in [0.5, 0.6) is 0 Å².